The van der Waals surface area contributed by atoms with Crippen molar-refractivity contribution in [3.05, 3.63) is 45.1 Å². The molecule has 0 aliphatic rings. The van der Waals surface area contributed by atoms with E-state index < -0.39 is 0 Å². The van der Waals surface area contributed by atoms with Crippen molar-refractivity contribution in [2.24, 2.45) is 0 Å². The van der Waals surface area contributed by atoms with Gasteiger partial charge in [-0.1, -0.05) is 0 Å². The quantitative estimate of drug-likeness (QED) is 0.757. The van der Waals surface area contributed by atoms with Gasteiger partial charge in [0.15, 0.2) is 0 Å². The smallest absolute Gasteiger partial charge is 0.319 e. The van der Waals surface area contributed by atoms with Gasteiger partial charge >= 0.3 is 6.03 Å². The van der Waals surface area contributed by atoms with Gasteiger partial charge in [0.05, 0.1) is 6.54 Å². The van der Waals surface area contributed by atoms with E-state index in [1.165, 1.54) is 0 Å². The van der Waals surface area contributed by atoms with Crippen molar-refractivity contribution >= 4 is 44.7 Å². The third kappa shape index (κ3) is 3.75. The first-order valence-corrected chi connectivity index (χ1v) is 6.94. The van der Waals surface area contributed by atoms with Gasteiger partial charge in [-0.25, -0.2) is 4.79 Å². The number of hydrogen-bond acceptors (Lipinski definition) is 3. The number of urea groups is 1. The third-order valence-electron chi connectivity index (χ3n) is 2.21. The molecular weight excluding hydrogens is 314 g/mol. The zero-order chi connectivity index (χ0) is 13.0. The van der Waals surface area contributed by atoms with Crippen LogP contribution in [0.1, 0.15) is 4.88 Å². The summed E-state index contributed by atoms with van der Waals surface area (Å²) in [6, 6.07) is 8.75. The summed E-state index contributed by atoms with van der Waals surface area (Å²) < 4.78 is 1.03. The van der Waals surface area contributed by atoms with E-state index in [4.69, 9.17) is 5.73 Å². The van der Waals surface area contributed by atoms with Gasteiger partial charge in [-0.3, -0.25) is 0 Å². The number of halogens is 1. The van der Waals surface area contributed by atoms with E-state index in [0.717, 1.165) is 9.35 Å². The van der Waals surface area contributed by atoms with Gasteiger partial charge in [-0.2, -0.15) is 0 Å². The fourth-order valence-electron chi connectivity index (χ4n) is 1.36. The maximum Gasteiger partial charge on any atom is 0.319 e. The molecule has 2 rings (SSSR count). The predicted octanol–water partition coefficient (Wildman–Crippen LogP) is 3.41. The van der Waals surface area contributed by atoms with Crippen LogP contribution in [0.15, 0.2) is 40.2 Å². The van der Waals surface area contributed by atoms with Crippen LogP contribution in [0.5, 0.6) is 0 Å². The summed E-state index contributed by atoms with van der Waals surface area (Å²) in [7, 11) is 0. The largest absolute Gasteiger partial charge is 0.399 e. The highest BCUT2D eigenvalue weighted by molar-refractivity contribution is 9.10. The van der Waals surface area contributed by atoms with E-state index in [0.29, 0.717) is 17.9 Å². The minimum absolute atomic E-state index is 0.232. The molecule has 1 heterocycles. The maximum absolute atomic E-state index is 11.6. The van der Waals surface area contributed by atoms with Crippen LogP contribution >= 0.6 is 27.3 Å². The first-order valence-electron chi connectivity index (χ1n) is 5.27. The average molecular weight is 326 g/mol. The Morgan fingerprint density at radius 2 is 2.06 bits per heavy atom. The molecule has 0 atom stereocenters. The second-order valence-corrected chi connectivity index (χ2v) is 5.57. The number of nitrogens with one attached hydrogen (secondary N) is 2. The first kappa shape index (κ1) is 12.9. The van der Waals surface area contributed by atoms with Crippen LogP contribution in [0.4, 0.5) is 16.2 Å². The van der Waals surface area contributed by atoms with Crippen molar-refractivity contribution in [1.82, 2.24) is 5.32 Å². The normalized spacial score (nSPS) is 10.1. The lowest BCUT2D eigenvalue weighted by atomic mass is 10.3. The Morgan fingerprint density at radius 1 is 1.33 bits per heavy atom. The third-order valence-corrected chi connectivity index (χ3v) is 3.91. The molecule has 18 heavy (non-hydrogen) atoms. The molecule has 0 saturated heterocycles. The number of carbonyl (C=O) groups is 1. The molecular formula is C12H12BrN3OS. The Labute approximate surface area is 117 Å². The van der Waals surface area contributed by atoms with Crippen LogP contribution in [0.3, 0.4) is 0 Å². The van der Waals surface area contributed by atoms with Crippen molar-refractivity contribution in [1.29, 1.82) is 0 Å². The molecule has 0 spiro atoms. The average Bonchev–Trinajstić information content (AvgIpc) is 2.76. The van der Waals surface area contributed by atoms with E-state index in [2.05, 4.69) is 26.6 Å². The van der Waals surface area contributed by atoms with Gasteiger partial charge < -0.3 is 16.4 Å². The molecule has 0 radical (unpaired) electrons. The molecule has 0 aliphatic heterocycles. The Bertz CT molecular complexity index is 539. The summed E-state index contributed by atoms with van der Waals surface area (Å²) in [5.41, 5.74) is 6.95. The number of nitrogens with two attached hydrogens (primary N) is 1. The van der Waals surface area contributed by atoms with Crippen LogP contribution < -0.4 is 16.4 Å². The highest BCUT2D eigenvalue weighted by Gasteiger charge is 2.03. The summed E-state index contributed by atoms with van der Waals surface area (Å²) in [6.45, 7) is 0.511. The summed E-state index contributed by atoms with van der Waals surface area (Å²) >= 11 is 4.96. The van der Waals surface area contributed by atoms with Crippen molar-refractivity contribution in [2.45, 2.75) is 6.54 Å². The second-order valence-electron chi connectivity index (χ2n) is 3.66. The van der Waals surface area contributed by atoms with Gasteiger partial charge in [-0.05, 0) is 46.3 Å². The Hall–Kier alpha value is -1.53. The van der Waals surface area contributed by atoms with E-state index in [1.807, 2.05) is 11.4 Å². The van der Waals surface area contributed by atoms with Crippen molar-refractivity contribution in [2.75, 3.05) is 11.1 Å². The highest BCUT2D eigenvalue weighted by atomic mass is 79.9. The molecule has 1 aromatic carbocycles. The fraction of sp³-hybridized carbons (Fsp3) is 0.0833. The molecule has 0 aliphatic carbocycles. The zero-order valence-electron chi connectivity index (χ0n) is 9.44. The maximum atomic E-state index is 11.6. The number of anilines is 2. The fourth-order valence-corrected chi connectivity index (χ4v) is 2.75. The second kappa shape index (κ2) is 5.88. The Balaban J connectivity index is 1.83. The molecule has 0 unspecified atom stereocenters. The van der Waals surface area contributed by atoms with Crippen LogP contribution in [-0.4, -0.2) is 6.03 Å². The monoisotopic (exact) mass is 325 g/mol. The van der Waals surface area contributed by atoms with Gasteiger partial charge in [0.1, 0.15) is 0 Å². The lowest BCUT2D eigenvalue weighted by molar-refractivity contribution is 0.252. The van der Waals surface area contributed by atoms with Gasteiger partial charge in [-0.15, -0.1) is 11.3 Å². The molecule has 0 fully saturated rings. The first-order chi connectivity index (χ1) is 8.63. The van der Waals surface area contributed by atoms with Crippen molar-refractivity contribution < 1.29 is 4.79 Å². The van der Waals surface area contributed by atoms with Crippen LogP contribution in [-0.2, 0) is 6.54 Å². The number of amides is 2. The molecule has 2 aromatic rings. The van der Waals surface area contributed by atoms with Crippen molar-refractivity contribution in [3.8, 4) is 0 Å². The van der Waals surface area contributed by atoms with E-state index in [1.54, 1.807) is 35.6 Å². The van der Waals surface area contributed by atoms with Crippen LogP contribution in [0.2, 0.25) is 0 Å². The number of carbonyl (C=O) groups excluding carboxylic acids is 1. The minimum atomic E-state index is -0.232. The zero-order valence-corrected chi connectivity index (χ0v) is 11.8. The summed E-state index contributed by atoms with van der Waals surface area (Å²) in [5.74, 6) is 0. The number of rotatable bonds is 3. The molecule has 0 bridgehead atoms. The number of nitrogen functional groups attached to an aromatic ring is 1. The topological polar surface area (TPSA) is 67.1 Å². The summed E-state index contributed by atoms with van der Waals surface area (Å²) in [6.07, 6.45) is 0. The van der Waals surface area contributed by atoms with Gasteiger partial charge in [0.2, 0.25) is 0 Å². The molecule has 6 heteroatoms. The van der Waals surface area contributed by atoms with E-state index in [-0.39, 0.29) is 6.03 Å². The van der Waals surface area contributed by atoms with E-state index in [9.17, 15) is 4.79 Å². The predicted molar refractivity (Wildman–Crippen MR) is 78.7 cm³/mol. The summed E-state index contributed by atoms with van der Waals surface area (Å²) in [4.78, 5) is 12.7. The molecule has 0 saturated carbocycles. The molecule has 94 valence electrons. The SMILES string of the molecule is Nc1ccc(NC(=O)NCc2cc(Br)cs2)cc1. The minimum Gasteiger partial charge on any atom is -0.399 e. The lowest BCUT2D eigenvalue weighted by Crippen LogP contribution is -2.27. The number of hydrogen-bond donors (Lipinski definition) is 3. The molecule has 2 amide bonds. The van der Waals surface area contributed by atoms with Gasteiger partial charge in [0.25, 0.3) is 0 Å². The molecule has 1 aromatic heterocycles. The van der Waals surface area contributed by atoms with Crippen LogP contribution in [0, 0.1) is 0 Å². The van der Waals surface area contributed by atoms with E-state index >= 15 is 0 Å². The van der Waals surface area contributed by atoms with Crippen molar-refractivity contribution in [3.63, 3.8) is 0 Å². The standard InChI is InChI=1S/C12H12BrN3OS/c13-8-5-11(18-7-8)6-15-12(17)16-10-3-1-9(14)2-4-10/h1-5,7H,6,14H2,(H2,15,16,17). The number of thiophene rings is 1. The van der Waals surface area contributed by atoms with Crippen LogP contribution in [0.25, 0.3) is 0 Å². The van der Waals surface area contributed by atoms with Gasteiger partial charge in [0, 0.05) is 26.1 Å². The Kier molecular flexibility index (Phi) is 4.22. The number of benzene rings is 1. The molecule has 4 N–H and O–H groups in total. The highest BCUT2D eigenvalue weighted by Crippen LogP contribution is 2.19. The summed E-state index contributed by atoms with van der Waals surface area (Å²) in [5, 5.41) is 7.50. The Morgan fingerprint density at radius 3 is 2.67 bits per heavy atom. The lowest BCUT2D eigenvalue weighted by Gasteiger charge is -2.06. The molecule has 4 nitrogen and oxygen atoms in total.